The Kier molecular flexibility index (Phi) is 8.04. The number of pyridine rings is 1. The highest BCUT2D eigenvalue weighted by molar-refractivity contribution is 6.06. The minimum absolute atomic E-state index is 0.0147. The van der Waals surface area contributed by atoms with Gasteiger partial charge in [-0.2, -0.15) is 0 Å². The van der Waals surface area contributed by atoms with Gasteiger partial charge in [0.15, 0.2) is 0 Å². The number of rotatable bonds is 10. The standard InChI is InChI=1S/C26H31N3O5/c1-2-32-19-11-8-18(9-12-19)10-13-21-25(26(31)29-23-7-5-14-27-23)22(30)16-24(28-21)34-17-20-6-3-4-15-33-20/h5,7-9,11-12,14,16,20,27H,2-4,6,10,13,15,17H2,1H3,(H,28,30)(H,29,31). The Bertz CT molecular complexity index is 1060. The van der Waals surface area contributed by atoms with Crippen molar-refractivity contribution in [1.82, 2.24) is 9.97 Å². The molecule has 3 N–H and O–H groups in total. The fourth-order valence-corrected chi connectivity index (χ4v) is 3.95. The molecule has 1 aliphatic rings. The zero-order chi connectivity index (χ0) is 23.8. The maximum atomic E-state index is 13.0. The second-order valence-electron chi connectivity index (χ2n) is 8.22. The van der Waals surface area contributed by atoms with Crippen LogP contribution in [-0.2, 0) is 17.6 Å². The van der Waals surface area contributed by atoms with Crippen molar-refractivity contribution in [3.05, 3.63) is 65.5 Å². The summed E-state index contributed by atoms with van der Waals surface area (Å²) in [7, 11) is 0. The van der Waals surface area contributed by atoms with Gasteiger partial charge in [-0.3, -0.25) is 4.79 Å². The Morgan fingerprint density at radius 2 is 2.06 bits per heavy atom. The quantitative estimate of drug-likeness (QED) is 0.407. The lowest BCUT2D eigenvalue weighted by atomic mass is 10.0. The van der Waals surface area contributed by atoms with Crippen LogP contribution < -0.4 is 14.8 Å². The van der Waals surface area contributed by atoms with E-state index in [-0.39, 0.29) is 23.3 Å². The number of aromatic nitrogens is 2. The molecule has 34 heavy (non-hydrogen) atoms. The number of nitrogens with one attached hydrogen (secondary N) is 2. The molecule has 0 saturated carbocycles. The number of anilines is 1. The van der Waals surface area contributed by atoms with Crippen LogP contribution in [0.1, 0.15) is 47.8 Å². The molecule has 4 rings (SSSR count). The summed E-state index contributed by atoms with van der Waals surface area (Å²) in [4.78, 5) is 20.5. The number of aromatic amines is 1. The molecule has 0 spiro atoms. The number of ether oxygens (including phenoxy) is 3. The van der Waals surface area contributed by atoms with Gasteiger partial charge in [0.2, 0.25) is 5.88 Å². The van der Waals surface area contributed by atoms with Gasteiger partial charge in [0.25, 0.3) is 5.91 Å². The Hall–Kier alpha value is -3.52. The molecule has 1 unspecified atom stereocenters. The van der Waals surface area contributed by atoms with Crippen molar-refractivity contribution in [2.24, 2.45) is 0 Å². The third kappa shape index (κ3) is 6.29. The number of amides is 1. The van der Waals surface area contributed by atoms with Crippen LogP contribution in [-0.4, -0.2) is 46.9 Å². The second kappa shape index (κ2) is 11.6. The summed E-state index contributed by atoms with van der Waals surface area (Å²) in [6, 6.07) is 12.7. The van der Waals surface area contributed by atoms with E-state index >= 15 is 0 Å². The molecule has 3 aromatic rings. The maximum Gasteiger partial charge on any atom is 0.262 e. The number of carbonyl (C=O) groups is 1. The normalized spacial score (nSPS) is 15.6. The predicted octanol–water partition coefficient (Wildman–Crippen LogP) is 4.50. The molecule has 0 bridgehead atoms. The van der Waals surface area contributed by atoms with Crippen LogP contribution in [0, 0.1) is 0 Å². The summed E-state index contributed by atoms with van der Waals surface area (Å²) in [5, 5.41) is 13.5. The molecule has 1 saturated heterocycles. The number of benzene rings is 1. The minimum Gasteiger partial charge on any atom is -0.507 e. The van der Waals surface area contributed by atoms with Gasteiger partial charge in [-0.1, -0.05) is 12.1 Å². The fraction of sp³-hybridized carbons (Fsp3) is 0.385. The number of hydrogen-bond acceptors (Lipinski definition) is 6. The molecule has 1 aliphatic heterocycles. The van der Waals surface area contributed by atoms with E-state index in [1.165, 1.54) is 6.07 Å². The van der Waals surface area contributed by atoms with Crippen LogP contribution in [0.5, 0.6) is 17.4 Å². The van der Waals surface area contributed by atoms with Gasteiger partial charge >= 0.3 is 0 Å². The highest BCUT2D eigenvalue weighted by atomic mass is 16.5. The topological polar surface area (TPSA) is 106 Å². The van der Waals surface area contributed by atoms with Gasteiger partial charge < -0.3 is 29.6 Å². The van der Waals surface area contributed by atoms with Gasteiger partial charge in [0.05, 0.1) is 18.4 Å². The van der Waals surface area contributed by atoms with Crippen molar-refractivity contribution in [1.29, 1.82) is 0 Å². The highest BCUT2D eigenvalue weighted by Crippen LogP contribution is 2.28. The summed E-state index contributed by atoms with van der Waals surface area (Å²) in [6.07, 6.45) is 5.93. The average molecular weight is 466 g/mol. The maximum absolute atomic E-state index is 13.0. The first-order chi connectivity index (χ1) is 16.6. The molecule has 180 valence electrons. The Morgan fingerprint density at radius 1 is 1.21 bits per heavy atom. The smallest absolute Gasteiger partial charge is 0.262 e. The molecule has 8 heteroatoms. The molecule has 1 amide bonds. The molecule has 0 radical (unpaired) electrons. The Labute approximate surface area is 199 Å². The predicted molar refractivity (Wildman–Crippen MR) is 129 cm³/mol. The van der Waals surface area contributed by atoms with E-state index in [1.54, 1.807) is 18.3 Å². The first-order valence-corrected chi connectivity index (χ1v) is 11.8. The molecule has 2 aromatic heterocycles. The summed E-state index contributed by atoms with van der Waals surface area (Å²) >= 11 is 0. The van der Waals surface area contributed by atoms with E-state index in [0.29, 0.717) is 37.6 Å². The van der Waals surface area contributed by atoms with E-state index in [0.717, 1.165) is 37.2 Å². The van der Waals surface area contributed by atoms with Crippen LogP contribution in [0.3, 0.4) is 0 Å². The number of H-pyrrole nitrogens is 1. The third-order valence-corrected chi connectivity index (χ3v) is 5.70. The molecule has 1 fully saturated rings. The van der Waals surface area contributed by atoms with Crippen molar-refractivity contribution in [3.8, 4) is 17.4 Å². The van der Waals surface area contributed by atoms with Gasteiger partial charge in [-0.05, 0) is 68.9 Å². The van der Waals surface area contributed by atoms with Crippen molar-refractivity contribution in [3.63, 3.8) is 0 Å². The zero-order valence-electron chi connectivity index (χ0n) is 19.4. The number of aryl methyl sites for hydroxylation is 2. The first-order valence-electron chi connectivity index (χ1n) is 11.8. The SMILES string of the molecule is CCOc1ccc(CCc2nc(OCC3CCCCO3)cc(O)c2C(=O)Nc2ccc[nH]2)cc1. The summed E-state index contributed by atoms with van der Waals surface area (Å²) in [5.74, 6) is 1.03. The molecular weight excluding hydrogens is 434 g/mol. The van der Waals surface area contributed by atoms with Crippen molar-refractivity contribution in [2.45, 2.75) is 45.1 Å². The van der Waals surface area contributed by atoms with Gasteiger partial charge in [-0.15, -0.1) is 0 Å². The first kappa shape index (κ1) is 23.6. The third-order valence-electron chi connectivity index (χ3n) is 5.70. The molecule has 0 aliphatic carbocycles. The Balaban J connectivity index is 1.52. The summed E-state index contributed by atoms with van der Waals surface area (Å²) < 4.78 is 17.1. The number of aromatic hydroxyl groups is 1. The van der Waals surface area contributed by atoms with Crippen LogP contribution in [0.15, 0.2) is 48.7 Å². The fourth-order valence-electron chi connectivity index (χ4n) is 3.95. The van der Waals surface area contributed by atoms with Gasteiger partial charge in [0, 0.05) is 18.9 Å². The van der Waals surface area contributed by atoms with E-state index in [1.807, 2.05) is 31.2 Å². The Morgan fingerprint density at radius 3 is 2.76 bits per heavy atom. The van der Waals surface area contributed by atoms with Crippen LogP contribution >= 0.6 is 0 Å². The lowest BCUT2D eigenvalue weighted by molar-refractivity contribution is -0.0120. The van der Waals surface area contributed by atoms with E-state index in [2.05, 4.69) is 15.3 Å². The minimum atomic E-state index is -0.434. The summed E-state index contributed by atoms with van der Waals surface area (Å²) in [5.41, 5.74) is 1.68. The lowest BCUT2D eigenvalue weighted by Gasteiger charge is -2.22. The summed E-state index contributed by atoms with van der Waals surface area (Å²) in [6.45, 7) is 3.65. The molecule has 3 heterocycles. The van der Waals surface area contributed by atoms with E-state index < -0.39 is 5.91 Å². The van der Waals surface area contributed by atoms with Crippen LogP contribution in [0.2, 0.25) is 0 Å². The van der Waals surface area contributed by atoms with Crippen molar-refractivity contribution >= 4 is 11.7 Å². The highest BCUT2D eigenvalue weighted by Gasteiger charge is 2.22. The van der Waals surface area contributed by atoms with Gasteiger partial charge in [-0.25, -0.2) is 4.98 Å². The van der Waals surface area contributed by atoms with E-state index in [9.17, 15) is 9.90 Å². The molecular formula is C26H31N3O5. The van der Waals surface area contributed by atoms with E-state index in [4.69, 9.17) is 14.2 Å². The van der Waals surface area contributed by atoms with Crippen LogP contribution in [0.4, 0.5) is 5.82 Å². The second-order valence-corrected chi connectivity index (χ2v) is 8.22. The lowest BCUT2D eigenvalue weighted by Crippen LogP contribution is -2.26. The van der Waals surface area contributed by atoms with Crippen molar-refractivity contribution in [2.75, 3.05) is 25.1 Å². The average Bonchev–Trinajstić information content (AvgIpc) is 3.36. The number of carbonyl (C=O) groups excluding carboxylic acids is 1. The molecule has 1 aromatic carbocycles. The zero-order valence-corrected chi connectivity index (χ0v) is 19.4. The van der Waals surface area contributed by atoms with Gasteiger partial charge in [0.1, 0.15) is 29.5 Å². The van der Waals surface area contributed by atoms with Crippen LogP contribution in [0.25, 0.3) is 0 Å². The molecule has 8 nitrogen and oxygen atoms in total. The number of hydrogen-bond donors (Lipinski definition) is 3. The largest absolute Gasteiger partial charge is 0.507 e. The molecule has 1 atom stereocenters. The van der Waals surface area contributed by atoms with Crippen molar-refractivity contribution < 1.29 is 24.1 Å². The monoisotopic (exact) mass is 465 g/mol. The number of nitrogens with zero attached hydrogens (tertiary/aromatic N) is 1.